The normalized spacial score (nSPS) is 14.9. The van der Waals surface area contributed by atoms with Crippen LogP contribution in [0.1, 0.15) is 80.7 Å². The van der Waals surface area contributed by atoms with Crippen LogP contribution in [0.3, 0.4) is 0 Å². The molecule has 0 unspecified atom stereocenters. The Morgan fingerprint density at radius 2 is 1.80 bits per heavy atom. The van der Waals surface area contributed by atoms with Gasteiger partial charge in [-0.2, -0.15) is 5.10 Å². The Hall–Kier alpha value is -2.21. The Morgan fingerprint density at radius 3 is 2.33 bits per heavy atom. The Bertz CT molecular complexity index is 1160. The van der Waals surface area contributed by atoms with E-state index in [2.05, 4.69) is 72.9 Å². The highest BCUT2D eigenvalue weighted by Crippen LogP contribution is 2.33. The van der Waals surface area contributed by atoms with Crippen LogP contribution in [0.5, 0.6) is 5.75 Å². The number of amidine groups is 1. The van der Waals surface area contributed by atoms with Gasteiger partial charge < -0.3 is 24.8 Å². The molecule has 1 aromatic carbocycles. The number of carbonyl (C=O) groups is 1. The van der Waals surface area contributed by atoms with Gasteiger partial charge in [-0.15, -0.1) is 5.10 Å². The number of halogens is 3. The van der Waals surface area contributed by atoms with Crippen LogP contribution in [0.4, 0.5) is 4.79 Å². The molecule has 1 aromatic rings. The van der Waals surface area contributed by atoms with Crippen molar-refractivity contribution in [3.05, 3.63) is 49.1 Å². The average molecular weight is 778 g/mol. The first-order valence-electron chi connectivity index (χ1n) is 15.2. The minimum Gasteiger partial charge on any atom is -0.506 e. The van der Waals surface area contributed by atoms with E-state index in [9.17, 15) is 9.90 Å². The number of allylic oxidation sites excluding steroid dienone is 4. The number of phenols is 1. The topological polar surface area (TPSA) is 108 Å². The molecule has 0 spiro atoms. The molecule has 45 heavy (non-hydrogen) atoms. The van der Waals surface area contributed by atoms with Crippen LogP contribution in [0, 0.1) is 5.92 Å². The third kappa shape index (κ3) is 19.1. The van der Waals surface area contributed by atoms with E-state index in [0.29, 0.717) is 39.3 Å². The quantitative estimate of drug-likeness (QED) is 0.0855. The predicted octanol–water partition coefficient (Wildman–Crippen LogP) is 9.27. The van der Waals surface area contributed by atoms with Crippen molar-refractivity contribution < 1.29 is 19.4 Å². The van der Waals surface area contributed by atoms with Crippen molar-refractivity contribution in [3.8, 4) is 5.75 Å². The van der Waals surface area contributed by atoms with Crippen molar-refractivity contribution in [2.24, 2.45) is 21.1 Å². The van der Waals surface area contributed by atoms with Gasteiger partial charge in [0.05, 0.1) is 15.6 Å². The molecule has 1 amide bonds. The summed E-state index contributed by atoms with van der Waals surface area (Å²) >= 11 is 12.6. The van der Waals surface area contributed by atoms with Gasteiger partial charge in [0.25, 0.3) is 0 Å². The molecule has 0 saturated carbocycles. The Kier molecular flexibility index (Phi) is 22.0. The summed E-state index contributed by atoms with van der Waals surface area (Å²) < 4.78 is 12.5. The zero-order chi connectivity index (χ0) is 34.6. The summed E-state index contributed by atoms with van der Waals surface area (Å²) in [6.07, 6.45) is 5.51. The molecule has 1 aliphatic heterocycles. The number of carbonyl (C=O) groups excluding carboxylic acids is 1. The molecule has 0 radical (unpaired) electrons. The smallest absolute Gasteiger partial charge is 0.410 e. The number of aromatic hydroxyl groups is 1. The van der Waals surface area contributed by atoms with Gasteiger partial charge in [-0.3, -0.25) is 0 Å². The van der Waals surface area contributed by atoms with E-state index in [1.54, 1.807) is 11.1 Å². The number of aliphatic imine (C=N–C) groups is 1. The average Bonchev–Trinajstić information content (AvgIpc) is 3.24. The Morgan fingerprint density at radius 1 is 1.18 bits per heavy atom. The summed E-state index contributed by atoms with van der Waals surface area (Å²) in [6.45, 7) is 24.8. The van der Waals surface area contributed by atoms with Crippen molar-refractivity contribution in [2.45, 2.75) is 87.2 Å². The second-order valence-electron chi connectivity index (χ2n) is 11.2. The lowest BCUT2D eigenvalue weighted by molar-refractivity contribution is 0.0262. The number of phenolic OH excluding ortho intramolecular Hbond substituents is 1. The first-order valence-corrected chi connectivity index (χ1v) is 17.2. The van der Waals surface area contributed by atoms with Crippen molar-refractivity contribution >= 4 is 68.3 Å². The van der Waals surface area contributed by atoms with Gasteiger partial charge >= 0.3 is 6.09 Å². The van der Waals surface area contributed by atoms with E-state index in [4.69, 9.17) is 21.1 Å². The summed E-state index contributed by atoms with van der Waals surface area (Å²) in [5, 5.41) is 21.3. The molecule has 0 aliphatic carbocycles. The second kappa shape index (κ2) is 23.2. The van der Waals surface area contributed by atoms with Crippen molar-refractivity contribution in [2.75, 3.05) is 32.8 Å². The number of hydrogen-bond donors (Lipinski definition) is 2. The zero-order valence-electron chi connectivity index (χ0n) is 28.3. The third-order valence-corrected chi connectivity index (χ3v) is 7.05. The molecule has 9 nitrogen and oxygen atoms in total. The van der Waals surface area contributed by atoms with Crippen LogP contribution in [-0.2, 0) is 15.9 Å². The number of nitrogens with one attached hydrogen (secondary N) is 1. The van der Waals surface area contributed by atoms with Gasteiger partial charge in [0.15, 0.2) is 5.84 Å². The van der Waals surface area contributed by atoms with Gasteiger partial charge in [0.1, 0.15) is 17.1 Å². The molecule has 0 atom stereocenters. The molecular weight excluding hydrogens is 726 g/mol. The molecule has 254 valence electrons. The van der Waals surface area contributed by atoms with Gasteiger partial charge in [0.2, 0.25) is 0 Å². The van der Waals surface area contributed by atoms with Crippen LogP contribution in [-0.4, -0.2) is 73.3 Å². The van der Waals surface area contributed by atoms with Gasteiger partial charge in [-0.1, -0.05) is 39.3 Å². The standard InChI is InChI=1S/C21H26Br2ClN3O2.C10H20N2O2.C2H6/c1-13(2)21(14(3)10-15(4)24)29-9-7-19(27-25-5)26-8-6-16-11-17(22)20(28)18(23)12-16;1-10(2,3)14-9(13)12-7-4-5-11-6-8-12;1-2/h8,10-13,28H,5-7,9H2,1-4H3;11H,4-8H2,1-3H3;1-2H3/b15-10+,21-14+,26-8?,27-19-;;. The molecule has 0 bridgehead atoms. The Balaban J connectivity index is 0.00000101. The lowest BCUT2D eigenvalue weighted by Gasteiger charge is -2.26. The lowest BCUT2D eigenvalue weighted by Crippen LogP contribution is -2.38. The number of rotatable bonds is 9. The molecule has 1 saturated heterocycles. The number of nitrogens with zero attached hydrogens (tertiary/aromatic N) is 4. The minimum atomic E-state index is -0.392. The minimum absolute atomic E-state index is 0.171. The number of ether oxygens (including phenoxy) is 2. The maximum atomic E-state index is 11.6. The maximum absolute atomic E-state index is 11.6. The summed E-state index contributed by atoms with van der Waals surface area (Å²) in [5.74, 6) is 1.82. The molecule has 2 rings (SSSR count). The number of amides is 1. The molecule has 2 N–H and O–H groups in total. The molecule has 1 heterocycles. The van der Waals surface area contributed by atoms with E-state index < -0.39 is 5.60 Å². The number of benzene rings is 1. The van der Waals surface area contributed by atoms with Crippen LogP contribution in [0.25, 0.3) is 0 Å². The van der Waals surface area contributed by atoms with Crippen LogP contribution >= 0.6 is 43.5 Å². The van der Waals surface area contributed by atoms with Gasteiger partial charge in [0, 0.05) is 56.4 Å². The highest BCUT2D eigenvalue weighted by atomic mass is 79.9. The summed E-state index contributed by atoms with van der Waals surface area (Å²) in [5.41, 5.74) is 1.59. The van der Waals surface area contributed by atoms with Crippen LogP contribution in [0.2, 0.25) is 0 Å². The number of hydrogen-bond acceptors (Lipinski definition) is 7. The Labute approximate surface area is 292 Å². The lowest BCUT2D eigenvalue weighted by atomic mass is 10.1. The fourth-order valence-corrected chi connectivity index (χ4v) is 5.37. The fraction of sp³-hybridized carbons (Fsp3) is 0.576. The summed E-state index contributed by atoms with van der Waals surface area (Å²) in [6, 6.07) is 3.68. The molecule has 1 aliphatic rings. The van der Waals surface area contributed by atoms with Crippen molar-refractivity contribution in [1.29, 1.82) is 0 Å². The highest BCUT2D eigenvalue weighted by Gasteiger charge is 2.22. The van der Waals surface area contributed by atoms with Gasteiger partial charge in [-0.25, -0.2) is 9.79 Å². The third-order valence-electron chi connectivity index (χ3n) is 5.73. The fourth-order valence-electron chi connectivity index (χ4n) is 3.93. The van der Waals surface area contributed by atoms with Crippen LogP contribution in [0.15, 0.2) is 58.7 Å². The predicted molar refractivity (Wildman–Crippen MR) is 197 cm³/mol. The van der Waals surface area contributed by atoms with Crippen molar-refractivity contribution in [1.82, 2.24) is 10.2 Å². The van der Waals surface area contributed by atoms with E-state index in [1.807, 2.05) is 66.7 Å². The molecule has 0 aromatic heterocycles. The highest BCUT2D eigenvalue weighted by molar-refractivity contribution is 9.11. The largest absolute Gasteiger partial charge is 0.506 e. The van der Waals surface area contributed by atoms with E-state index in [1.165, 1.54) is 0 Å². The maximum Gasteiger partial charge on any atom is 0.410 e. The molecular formula is C33H52Br2ClN5O4. The molecule has 1 fully saturated rings. The van der Waals surface area contributed by atoms with Crippen LogP contribution < -0.4 is 5.32 Å². The summed E-state index contributed by atoms with van der Waals surface area (Å²) in [7, 11) is 0. The van der Waals surface area contributed by atoms with E-state index in [-0.39, 0.29) is 17.8 Å². The van der Waals surface area contributed by atoms with Crippen molar-refractivity contribution in [3.63, 3.8) is 0 Å². The second-order valence-corrected chi connectivity index (χ2v) is 13.5. The molecule has 12 heteroatoms. The first-order chi connectivity index (χ1) is 21.1. The SMILES string of the molecule is C=N/N=C(/CCO/C(=C(C)/C=C(\C)Cl)C(C)C)N=CCc1cc(Br)c(O)c(Br)c1.CC.CC(C)(C)OC(=O)N1CCCNCC1. The van der Waals surface area contributed by atoms with Gasteiger partial charge in [-0.05, 0) is 109 Å². The van der Waals surface area contributed by atoms with E-state index in [0.717, 1.165) is 49.5 Å². The zero-order valence-corrected chi connectivity index (χ0v) is 32.3. The summed E-state index contributed by atoms with van der Waals surface area (Å²) in [4.78, 5) is 17.8. The van der Waals surface area contributed by atoms with E-state index >= 15 is 0 Å². The first kappa shape index (κ1) is 42.8. The monoisotopic (exact) mass is 775 g/mol.